The summed E-state index contributed by atoms with van der Waals surface area (Å²) in [6.07, 6.45) is -2.81. The average molecular weight is 489 g/mol. The number of fused-ring (bicyclic) bond motifs is 1. The van der Waals surface area contributed by atoms with Crippen molar-refractivity contribution in [1.82, 2.24) is 19.5 Å². The second-order valence-corrected chi connectivity index (χ2v) is 8.66. The van der Waals surface area contributed by atoms with E-state index in [1.165, 1.54) is 4.57 Å². The lowest BCUT2D eigenvalue weighted by Crippen LogP contribution is -2.49. The number of halogens is 2. The fraction of sp³-hybridized carbons (Fsp3) is 0.542. The summed E-state index contributed by atoms with van der Waals surface area (Å²) in [6, 6.07) is 7.21. The molecule has 2 unspecified atom stereocenters. The van der Waals surface area contributed by atoms with Crippen molar-refractivity contribution in [2.75, 3.05) is 55.9 Å². The zero-order chi connectivity index (χ0) is 24.5. The van der Waals surface area contributed by atoms with E-state index in [4.69, 9.17) is 24.2 Å². The van der Waals surface area contributed by atoms with Crippen LogP contribution in [0.4, 0.5) is 20.4 Å². The number of ether oxygens (including phenoxy) is 3. The number of anilines is 2. The molecular weight excluding hydrogens is 458 g/mol. The Morgan fingerprint density at radius 1 is 1.06 bits per heavy atom. The number of rotatable bonds is 6. The van der Waals surface area contributed by atoms with Gasteiger partial charge in [0, 0.05) is 25.7 Å². The molecule has 2 aliphatic rings. The van der Waals surface area contributed by atoms with Gasteiger partial charge in [-0.25, -0.2) is 13.8 Å². The molecule has 0 amide bonds. The molecule has 2 aliphatic heterocycles. The smallest absolute Gasteiger partial charge is 0.296 e. The quantitative estimate of drug-likeness (QED) is 0.521. The zero-order valence-corrected chi connectivity index (χ0v) is 20.2. The molecule has 9 nitrogen and oxygen atoms in total. The van der Waals surface area contributed by atoms with E-state index in [-0.39, 0.29) is 18.1 Å². The molecule has 2 atom stereocenters. The highest BCUT2D eigenvalue weighted by Gasteiger charge is 2.30. The number of alkyl halides is 2. The van der Waals surface area contributed by atoms with E-state index in [2.05, 4.69) is 21.7 Å². The van der Waals surface area contributed by atoms with Gasteiger partial charge in [0.2, 0.25) is 5.95 Å². The minimum atomic E-state index is -2.82. The van der Waals surface area contributed by atoms with Crippen LogP contribution in [0.5, 0.6) is 5.75 Å². The topological polar surface area (TPSA) is 77.8 Å². The molecule has 3 aromatic rings. The molecule has 11 heteroatoms. The molecule has 0 spiro atoms. The van der Waals surface area contributed by atoms with Crippen LogP contribution in [-0.2, 0) is 9.47 Å². The number of imidazole rings is 1. The van der Waals surface area contributed by atoms with E-state index >= 15 is 0 Å². The SMILES string of the molecule is CCOc1cccc2c1nc(C(F)F)n2-c1nc(N2CCOCC2)cc(N2CCOC(C)C2C)n1. The van der Waals surface area contributed by atoms with E-state index < -0.39 is 12.2 Å². The van der Waals surface area contributed by atoms with Crippen LogP contribution in [0.15, 0.2) is 24.3 Å². The Hall–Kier alpha value is -3.05. The summed E-state index contributed by atoms with van der Waals surface area (Å²) < 4.78 is 46.8. The molecule has 2 fully saturated rings. The third kappa shape index (κ3) is 4.50. The van der Waals surface area contributed by atoms with Gasteiger partial charge < -0.3 is 24.0 Å². The third-order valence-electron chi connectivity index (χ3n) is 6.57. The van der Waals surface area contributed by atoms with Crippen LogP contribution < -0.4 is 14.5 Å². The van der Waals surface area contributed by atoms with Gasteiger partial charge in [-0.05, 0) is 32.9 Å². The first-order valence-corrected chi connectivity index (χ1v) is 12.0. The number of benzene rings is 1. The summed E-state index contributed by atoms with van der Waals surface area (Å²) in [6.45, 7) is 10.0. The standard InChI is InChI=1S/C24H30F2N6O3/c1-4-34-18-7-5-6-17-21(18)29-23(22(25)26)32(17)24-27-19(30-8-11-33-12-9-30)14-20(28-24)31-10-13-35-16(3)15(31)2/h5-7,14-16,22H,4,8-13H2,1-3H3. The summed E-state index contributed by atoms with van der Waals surface area (Å²) in [7, 11) is 0. The maximum absolute atomic E-state index is 14.3. The van der Waals surface area contributed by atoms with Crippen molar-refractivity contribution < 1.29 is 23.0 Å². The van der Waals surface area contributed by atoms with Crippen LogP contribution in [0.2, 0.25) is 0 Å². The summed E-state index contributed by atoms with van der Waals surface area (Å²) in [4.78, 5) is 18.1. The molecule has 0 bridgehead atoms. The molecule has 0 saturated carbocycles. The van der Waals surface area contributed by atoms with Crippen LogP contribution in [0.3, 0.4) is 0 Å². The van der Waals surface area contributed by atoms with Crippen molar-refractivity contribution in [2.45, 2.75) is 39.3 Å². The van der Waals surface area contributed by atoms with Gasteiger partial charge in [0.25, 0.3) is 6.43 Å². The van der Waals surface area contributed by atoms with Crippen molar-refractivity contribution in [2.24, 2.45) is 0 Å². The molecule has 2 saturated heterocycles. The van der Waals surface area contributed by atoms with Crippen LogP contribution in [-0.4, -0.2) is 77.7 Å². The molecule has 5 rings (SSSR count). The van der Waals surface area contributed by atoms with Crippen molar-refractivity contribution in [3.05, 3.63) is 30.1 Å². The lowest BCUT2D eigenvalue weighted by Gasteiger charge is -2.39. The minimum absolute atomic E-state index is 0.00783. The zero-order valence-electron chi connectivity index (χ0n) is 20.2. The number of nitrogens with zero attached hydrogens (tertiary/aromatic N) is 6. The highest BCUT2D eigenvalue weighted by atomic mass is 19.3. The van der Waals surface area contributed by atoms with Gasteiger partial charge in [-0.2, -0.15) is 9.97 Å². The normalized spacial score (nSPS) is 21.2. The molecule has 35 heavy (non-hydrogen) atoms. The highest BCUT2D eigenvalue weighted by molar-refractivity contribution is 5.84. The van der Waals surface area contributed by atoms with Crippen LogP contribution in [0.1, 0.15) is 33.0 Å². The largest absolute Gasteiger partial charge is 0.492 e. The van der Waals surface area contributed by atoms with Crippen LogP contribution >= 0.6 is 0 Å². The maximum atomic E-state index is 14.3. The lowest BCUT2D eigenvalue weighted by molar-refractivity contribution is 0.0281. The van der Waals surface area contributed by atoms with E-state index in [1.54, 1.807) is 18.2 Å². The van der Waals surface area contributed by atoms with Crippen molar-refractivity contribution >= 4 is 22.7 Å². The fourth-order valence-corrected chi connectivity index (χ4v) is 4.59. The van der Waals surface area contributed by atoms with Gasteiger partial charge in [-0.1, -0.05) is 6.07 Å². The van der Waals surface area contributed by atoms with Gasteiger partial charge >= 0.3 is 0 Å². The van der Waals surface area contributed by atoms with E-state index in [0.29, 0.717) is 74.5 Å². The predicted octanol–water partition coefficient (Wildman–Crippen LogP) is 3.60. The molecular formula is C24H30F2N6O3. The molecule has 188 valence electrons. The Labute approximate surface area is 202 Å². The Morgan fingerprint density at radius 3 is 2.57 bits per heavy atom. The highest BCUT2D eigenvalue weighted by Crippen LogP contribution is 2.33. The van der Waals surface area contributed by atoms with Crippen molar-refractivity contribution in [3.8, 4) is 11.7 Å². The minimum Gasteiger partial charge on any atom is -0.492 e. The predicted molar refractivity (Wildman–Crippen MR) is 128 cm³/mol. The second-order valence-electron chi connectivity index (χ2n) is 8.66. The summed E-state index contributed by atoms with van der Waals surface area (Å²) in [5.41, 5.74) is 0.833. The molecule has 0 radical (unpaired) electrons. The van der Waals surface area contributed by atoms with Gasteiger partial charge in [-0.15, -0.1) is 0 Å². The number of para-hydroxylation sites is 1. The Morgan fingerprint density at radius 2 is 1.83 bits per heavy atom. The van der Waals surface area contributed by atoms with Crippen LogP contribution in [0.25, 0.3) is 17.0 Å². The van der Waals surface area contributed by atoms with Gasteiger partial charge in [-0.3, -0.25) is 4.57 Å². The first-order valence-electron chi connectivity index (χ1n) is 12.0. The van der Waals surface area contributed by atoms with Crippen LogP contribution in [0, 0.1) is 0 Å². The lowest BCUT2D eigenvalue weighted by atomic mass is 10.1. The average Bonchev–Trinajstić information content (AvgIpc) is 3.27. The summed E-state index contributed by atoms with van der Waals surface area (Å²) >= 11 is 0. The Bertz CT molecular complexity index is 1180. The monoisotopic (exact) mass is 488 g/mol. The Balaban J connectivity index is 1.70. The maximum Gasteiger partial charge on any atom is 0.296 e. The number of hydrogen-bond donors (Lipinski definition) is 0. The molecule has 0 N–H and O–H groups in total. The second kappa shape index (κ2) is 9.90. The number of hydrogen-bond acceptors (Lipinski definition) is 8. The summed E-state index contributed by atoms with van der Waals surface area (Å²) in [5, 5.41) is 0. The van der Waals surface area contributed by atoms with E-state index in [0.717, 1.165) is 0 Å². The van der Waals surface area contributed by atoms with Gasteiger partial charge in [0.15, 0.2) is 5.82 Å². The van der Waals surface area contributed by atoms with Gasteiger partial charge in [0.05, 0.1) is 44.1 Å². The first-order chi connectivity index (χ1) is 17.0. The van der Waals surface area contributed by atoms with E-state index in [1.807, 2.05) is 19.9 Å². The number of aromatic nitrogens is 4. The summed E-state index contributed by atoms with van der Waals surface area (Å²) in [5.74, 6) is 1.53. The third-order valence-corrected chi connectivity index (χ3v) is 6.57. The first kappa shape index (κ1) is 23.7. The number of morpholine rings is 2. The van der Waals surface area contributed by atoms with Crippen molar-refractivity contribution in [1.29, 1.82) is 0 Å². The van der Waals surface area contributed by atoms with Crippen molar-refractivity contribution in [3.63, 3.8) is 0 Å². The molecule has 4 heterocycles. The Kier molecular flexibility index (Phi) is 6.70. The van der Waals surface area contributed by atoms with Gasteiger partial charge in [0.1, 0.15) is 22.9 Å². The fourth-order valence-electron chi connectivity index (χ4n) is 4.59. The van der Waals surface area contributed by atoms with E-state index in [9.17, 15) is 8.78 Å². The molecule has 2 aromatic heterocycles. The molecule has 0 aliphatic carbocycles. The molecule has 1 aromatic carbocycles.